The number of carbonyl (C=O) groups excluding carboxylic acids is 1. The number of ether oxygens (including phenoxy) is 2. The van der Waals surface area contributed by atoms with Crippen LogP contribution in [0.3, 0.4) is 0 Å². The molecule has 0 unspecified atom stereocenters. The van der Waals surface area contributed by atoms with E-state index >= 15 is 0 Å². The monoisotopic (exact) mass is 456 g/mol. The number of aliphatic carboxylic acids is 1. The molecule has 2 aromatic carbocycles. The van der Waals surface area contributed by atoms with Crippen LogP contribution in [-0.4, -0.2) is 59.8 Å². The molecule has 0 aliphatic carbocycles. The maximum atomic E-state index is 12.9. The lowest BCUT2D eigenvalue weighted by Crippen LogP contribution is -2.52. The quantitative estimate of drug-likeness (QED) is 0.646. The molecule has 8 heteroatoms. The van der Waals surface area contributed by atoms with Gasteiger partial charge in [-0.25, -0.2) is 0 Å². The number of fused-ring (bicyclic) bond motifs is 2. The lowest BCUT2D eigenvalue weighted by molar-refractivity contribution is -0.142. The Morgan fingerprint density at radius 3 is 2.42 bits per heavy atom. The van der Waals surface area contributed by atoms with Gasteiger partial charge in [0.1, 0.15) is 17.1 Å². The number of carboxylic acid groups (broad SMARTS) is 1. The van der Waals surface area contributed by atoms with Crippen molar-refractivity contribution >= 4 is 11.9 Å². The van der Waals surface area contributed by atoms with Gasteiger partial charge in [-0.2, -0.15) is 0 Å². The van der Waals surface area contributed by atoms with Gasteiger partial charge in [0.05, 0.1) is 19.8 Å². The zero-order chi connectivity index (χ0) is 24.0. The number of likely N-dealkylation sites (tertiary alicyclic amines) is 1. The second kappa shape index (κ2) is 10.7. The summed E-state index contributed by atoms with van der Waals surface area (Å²) in [6.07, 6.45) is 2.80. The SMILES string of the molecule is CC(=O)O.COc1cccc2c1C1(CCN(C(=O)[C@H](N)Cc3ccc(O)cc3)CC1)OCC2. The van der Waals surface area contributed by atoms with Gasteiger partial charge in [-0.1, -0.05) is 24.3 Å². The summed E-state index contributed by atoms with van der Waals surface area (Å²) in [5.74, 6) is 0.202. The highest BCUT2D eigenvalue weighted by Crippen LogP contribution is 2.45. The van der Waals surface area contributed by atoms with Crippen molar-refractivity contribution in [2.45, 2.75) is 44.2 Å². The normalized spacial score (nSPS) is 17.4. The lowest BCUT2D eigenvalue weighted by Gasteiger charge is -2.45. The van der Waals surface area contributed by atoms with Crippen LogP contribution in [0.25, 0.3) is 0 Å². The molecule has 4 N–H and O–H groups in total. The lowest BCUT2D eigenvalue weighted by atomic mass is 9.78. The predicted octanol–water partition coefficient (Wildman–Crippen LogP) is 2.45. The van der Waals surface area contributed by atoms with E-state index in [1.165, 1.54) is 5.56 Å². The molecular weight excluding hydrogens is 424 g/mol. The number of nitrogens with two attached hydrogens (primary N) is 1. The number of phenolic OH excluding ortho intramolecular Hbond substituents is 1. The highest BCUT2D eigenvalue weighted by atomic mass is 16.5. The van der Waals surface area contributed by atoms with E-state index in [4.69, 9.17) is 25.1 Å². The van der Waals surface area contributed by atoms with Crippen molar-refractivity contribution in [1.82, 2.24) is 4.90 Å². The molecule has 4 rings (SSSR count). The predicted molar refractivity (Wildman–Crippen MR) is 123 cm³/mol. The molecular formula is C25H32N2O6. The van der Waals surface area contributed by atoms with Crippen LogP contribution in [0.15, 0.2) is 42.5 Å². The number of benzene rings is 2. The standard InChI is InChI=1S/C23H28N2O4.C2H4O2/c1-28-20-4-2-3-17-9-14-29-23(21(17)20)10-12-25(13-11-23)22(27)19(24)15-16-5-7-18(26)8-6-16;1-2(3)4/h2-8,19,26H,9-15,24H2,1H3;1H3,(H,3,4)/t19-;/m1./s1. The van der Waals surface area contributed by atoms with Crippen molar-refractivity contribution in [3.63, 3.8) is 0 Å². The minimum absolute atomic E-state index is 0.0380. The van der Waals surface area contributed by atoms with Crippen LogP contribution in [-0.2, 0) is 32.8 Å². The Bertz CT molecular complexity index is 949. The fraction of sp³-hybridized carbons (Fsp3) is 0.440. The van der Waals surface area contributed by atoms with Gasteiger partial charge in [-0.15, -0.1) is 0 Å². The Balaban J connectivity index is 0.000000709. The number of amides is 1. The molecule has 178 valence electrons. The summed E-state index contributed by atoms with van der Waals surface area (Å²) in [5, 5.41) is 16.8. The molecule has 0 saturated carbocycles. The van der Waals surface area contributed by atoms with Gasteiger partial charge in [0.25, 0.3) is 5.97 Å². The van der Waals surface area contributed by atoms with Crippen LogP contribution in [0, 0.1) is 0 Å². The van der Waals surface area contributed by atoms with Crippen LogP contribution in [0.5, 0.6) is 11.5 Å². The third-order valence-electron chi connectivity index (χ3n) is 6.13. The van der Waals surface area contributed by atoms with Crippen LogP contribution in [0.4, 0.5) is 0 Å². The summed E-state index contributed by atoms with van der Waals surface area (Å²) in [7, 11) is 1.69. The average Bonchev–Trinajstić information content (AvgIpc) is 2.80. The third kappa shape index (κ3) is 5.83. The molecule has 0 radical (unpaired) electrons. The fourth-order valence-corrected chi connectivity index (χ4v) is 4.59. The third-order valence-corrected chi connectivity index (χ3v) is 6.13. The van der Waals surface area contributed by atoms with Gasteiger partial charge in [0, 0.05) is 25.6 Å². The molecule has 2 aliphatic heterocycles. The highest BCUT2D eigenvalue weighted by Gasteiger charge is 2.44. The first kappa shape index (κ1) is 24.5. The zero-order valence-corrected chi connectivity index (χ0v) is 19.1. The van der Waals surface area contributed by atoms with Crippen LogP contribution in [0.1, 0.15) is 36.5 Å². The maximum absolute atomic E-state index is 12.9. The number of nitrogens with zero attached hydrogens (tertiary/aromatic N) is 1. The second-order valence-electron chi connectivity index (χ2n) is 8.41. The van der Waals surface area contributed by atoms with Gasteiger partial charge >= 0.3 is 0 Å². The minimum Gasteiger partial charge on any atom is -0.508 e. The number of phenols is 1. The molecule has 1 fully saturated rings. The fourth-order valence-electron chi connectivity index (χ4n) is 4.59. The van der Waals surface area contributed by atoms with Gasteiger partial charge < -0.3 is 30.3 Å². The number of hydrogen-bond acceptors (Lipinski definition) is 6. The highest BCUT2D eigenvalue weighted by molar-refractivity contribution is 5.82. The summed E-state index contributed by atoms with van der Waals surface area (Å²) < 4.78 is 11.9. The summed E-state index contributed by atoms with van der Waals surface area (Å²) in [6, 6.07) is 12.4. The van der Waals surface area contributed by atoms with Gasteiger partial charge in [-0.3, -0.25) is 9.59 Å². The average molecular weight is 457 g/mol. The molecule has 2 aliphatic rings. The molecule has 1 spiro atoms. The van der Waals surface area contributed by atoms with Crippen molar-refractivity contribution < 1.29 is 29.3 Å². The van der Waals surface area contributed by atoms with Gasteiger partial charge in [0.15, 0.2) is 0 Å². The van der Waals surface area contributed by atoms with E-state index < -0.39 is 17.6 Å². The minimum atomic E-state index is -0.833. The van der Waals surface area contributed by atoms with E-state index in [9.17, 15) is 9.90 Å². The van der Waals surface area contributed by atoms with Crippen molar-refractivity contribution in [2.24, 2.45) is 5.73 Å². The summed E-state index contributed by atoms with van der Waals surface area (Å²) in [4.78, 5) is 23.7. The van der Waals surface area contributed by atoms with Crippen LogP contribution < -0.4 is 10.5 Å². The Morgan fingerprint density at radius 1 is 1.18 bits per heavy atom. The summed E-state index contributed by atoms with van der Waals surface area (Å²) in [5.41, 5.74) is 9.18. The Morgan fingerprint density at radius 2 is 1.82 bits per heavy atom. The topological polar surface area (TPSA) is 122 Å². The Labute approximate surface area is 193 Å². The number of hydrogen-bond donors (Lipinski definition) is 3. The van der Waals surface area contributed by atoms with E-state index in [1.54, 1.807) is 31.4 Å². The second-order valence-corrected chi connectivity index (χ2v) is 8.41. The number of carboxylic acids is 1. The van der Waals surface area contributed by atoms with E-state index in [0.717, 1.165) is 43.1 Å². The van der Waals surface area contributed by atoms with Crippen molar-refractivity contribution in [2.75, 3.05) is 26.8 Å². The Kier molecular flexibility index (Phi) is 7.94. The molecule has 33 heavy (non-hydrogen) atoms. The molecule has 1 atom stereocenters. The molecule has 2 heterocycles. The molecule has 1 saturated heterocycles. The van der Waals surface area contributed by atoms with E-state index in [2.05, 4.69) is 6.07 Å². The van der Waals surface area contributed by atoms with Gasteiger partial charge in [0.2, 0.25) is 5.91 Å². The maximum Gasteiger partial charge on any atom is 0.300 e. The first-order valence-electron chi connectivity index (χ1n) is 11.1. The van der Waals surface area contributed by atoms with E-state index in [-0.39, 0.29) is 11.7 Å². The number of methoxy groups -OCH3 is 1. The molecule has 0 bridgehead atoms. The molecule has 2 aromatic rings. The van der Waals surface area contributed by atoms with E-state index in [1.807, 2.05) is 17.0 Å². The smallest absolute Gasteiger partial charge is 0.300 e. The van der Waals surface area contributed by atoms with Crippen LogP contribution in [0.2, 0.25) is 0 Å². The largest absolute Gasteiger partial charge is 0.508 e. The number of aromatic hydroxyl groups is 1. The first-order chi connectivity index (χ1) is 15.8. The van der Waals surface area contributed by atoms with E-state index in [0.29, 0.717) is 26.1 Å². The van der Waals surface area contributed by atoms with Crippen LogP contribution >= 0.6 is 0 Å². The van der Waals surface area contributed by atoms with Gasteiger partial charge in [-0.05, 0) is 55.0 Å². The summed E-state index contributed by atoms with van der Waals surface area (Å²) >= 11 is 0. The number of piperidine rings is 1. The van der Waals surface area contributed by atoms with Crippen molar-refractivity contribution in [1.29, 1.82) is 0 Å². The zero-order valence-electron chi connectivity index (χ0n) is 19.1. The molecule has 8 nitrogen and oxygen atoms in total. The summed E-state index contributed by atoms with van der Waals surface area (Å²) in [6.45, 7) is 2.99. The molecule has 0 aromatic heterocycles. The number of rotatable bonds is 4. The molecule has 1 amide bonds. The Hall–Kier alpha value is -3.10. The number of carbonyl (C=O) groups is 2. The van der Waals surface area contributed by atoms with Crippen molar-refractivity contribution in [3.05, 3.63) is 59.2 Å². The van der Waals surface area contributed by atoms with Crippen molar-refractivity contribution in [3.8, 4) is 11.5 Å². The first-order valence-corrected chi connectivity index (χ1v) is 11.1.